The molecular weight excluding hydrogens is 270 g/mol. The van der Waals surface area contributed by atoms with E-state index in [1.807, 2.05) is 0 Å². The van der Waals surface area contributed by atoms with Crippen LogP contribution in [0.1, 0.15) is 38.5 Å². The van der Waals surface area contributed by atoms with Crippen LogP contribution in [0.3, 0.4) is 0 Å². The van der Waals surface area contributed by atoms with Crippen molar-refractivity contribution in [1.29, 1.82) is 0 Å². The van der Waals surface area contributed by atoms with Crippen LogP contribution in [0, 0.1) is 0 Å². The van der Waals surface area contributed by atoms with Crippen molar-refractivity contribution in [2.75, 3.05) is 13.1 Å². The first kappa shape index (κ1) is 17.1. The average molecular weight is 297 g/mol. The number of nitrogens with one attached hydrogen (secondary N) is 1. The number of carbonyl (C=O) groups excluding carboxylic acids is 1. The second kappa shape index (κ2) is 9.10. The molecule has 1 aromatic heterocycles. The molecule has 4 nitrogen and oxygen atoms in total. The Labute approximate surface area is 126 Å². The zero-order valence-corrected chi connectivity index (χ0v) is 13.6. The second-order valence-corrected chi connectivity index (χ2v) is 6.32. The van der Waals surface area contributed by atoms with E-state index in [4.69, 9.17) is 5.73 Å². The van der Waals surface area contributed by atoms with Gasteiger partial charge in [-0.2, -0.15) is 0 Å². The molecule has 0 aromatic carbocycles. The lowest BCUT2D eigenvalue weighted by atomic mass is 10.1. The van der Waals surface area contributed by atoms with Crippen LogP contribution in [0.15, 0.2) is 17.5 Å². The summed E-state index contributed by atoms with van der Waals surface area (Å²) in [5.41, 5.74) is 5.90. The number of nitrogens with zero attached hydrogens (tertiary/aromatic N) is 1. The Hall–Kier alpha value is -0.910. The van der Waals surface area contributed by atoms with Gasteiger partial charge >= 0.3 is 0 Å². The SMILES string of the molecule is CCCNC(=O)CC(CN)N(Cc1cccs1)C(C)C. The lowest BCUT2D eigenvalue weighted by Gasteiger charge is -2.33. The zero-order chi connectivity index (χ0) is 15.0. The number of thiophene rings is 1. The predicted octanol–water partition coefficient (Wildman–Crippen LogP) is 2.20. The lowest BCUT2D eigenvalue weighted by Crippen LogP contribution is -2.46. The minimum atomic E-state index is 0.0916. The molecule has 3 N–H and O–H groups in total. The molecule has 1 rings (SSSR count). The van der Waals surface area contributed by atoms with E-state index in [0.717, 1.165) is 19.5 Å². The maximum Gasteiger partial charge on any atom is 0.221 e. The van der Waals surface area contributed by atoms with Crippen molar-refractivity contribution >= 4 is 17.2 Å². The Morgan fingerprint density at radius 3 is 2.75 bits per heavy atom. The predicted molar refractivity (Wildman–Crippen MR) is 85.8 cm³/mol. The van der Waals surface area contributed by atoms with Crippen LogP contribution in [-0.4, -0.2) is 36.0 Å². The maximum atomic E-state index is 11.9. The van der Waals surface area contributed by atoms with Crippen LogP contribution in [0.5, 0.6) is 0 Å². The largest absolute Gasteiger partial charge is 0.356 e. The summed E-state index contributed by atoms with van der Waals surface area (Å²) in [6.07, 6.45) is 1.43. The number of rotatable bonds is 9. The van der Waals surface area contributed by atoms with Crippen LogP contribution in [0.4, 0.5) is 0 Å². The molecule has 5 heteroatoms. The summed E-state index contributed by atoms with van der Waals surface area (Å²) in [4.78, 5) is 15.5. The van der Waals surface area contributed by atoms with E-state index in [2.05, 4.69) is 48.5 Å². The fraction of sp³-hybridized carbons (Fsp3) is 0.667. The van der Waals surface area contributed by atoms with Crippen molar-refractivity contribution in [2.24, 2.45) is 5.73 Å². The summed E-state index contributed by atoms with van der Waals surface area (Å²) in [5, 5.41) is 5.01. The highest BCUT2D eigenvalue weighted by Gasteiger charge is 2.23. The molecule has 1 aromatic rings. The highest BCUT2D eigenvalue weighted by Crippen LogP contribution is 2.17. The second-order valence-electron chi connectivity index (χ2n) is 5.29. The molecule has 0 radical (unpaired) electrons. The van der Waals surface area contributed by atoms with Gasteiger partial charge in [-0.05, 0) is 31.7 Å². The topological polar surface area (TPSA) is 58.4 Å². The van der Waals surface area contributed by atoms with E-state index in [1.54, 1.807) is 11.3 Å². The number of amides is 1. The van der Waals surface area contributed by atoms with Gasteiger partial charge in [-0.25, -0.2) is 0 Å². The van der Waals surface area contributed by atoms with E-state index in [0.29, 0.717) is 19.0 Å². The molecule has 0 fully saturated rings. The van der Waals surface area contributed by atoms with Crippen LogP contribution in [-0.2, 0) is 11.3 Å². The molecule has 1 amide bonds. The lowest BCUT2D eigenvalue weighted by molar-refractivity contribution is -0.122. The third kappa shape index (κ3) is 5.61. The number of carbonyl (C=O) groups is 1. The van der Waals surface area contributed by atoms with Crippen LogP contribution in [0.2, 0.25) is 0 Å². The molecule has 1 unspecified atom stereocenters. The van der Waals surface area contributed by atoms with Gasteiger partial charge in [0.2, 0.25) is 5.91 Å². The average Bonchev–Trinajstić information content (AvgIpc) is 2.93. The van der Waals surface area contributed by atoms with Gasteiger partial charge in [0.05, 0.1) is 0 Å². The molecule has 0 bridgehead atoms. The van der Waals surface area contributed by atoms with Crippen molar-refractivity contribution in [3.8, 4) is 0 Å². The van der Waals surface area contributed by atoms with Crippen molar-refractivity contribution in [3.05, 3.63) is 22.4 Å². The summed E-state index contributed by atoms with van der Waals surface area (Å²) in [5.74, 6) is 0.0964. The molecular formula is C15H27N3OS. The van der Waals surface area contributed by atoms with Crippen molar-refractivity contribution < 1.29 is 4.79 Å². The minimum Gasteiger partial charge on any atom is -0.356 e. The van der Waals surface area contributed by atoms with Gasteiger partial charge in [-0.15, -0.1) is 11.3 Å². The van der Waals surface area contributed by atoms with E-state index in [-0.39, 0.29) is 11.9 Å². The first-order chi connectivity index (χ1) is 9.58. The normalized spacial score (nSPS) is 12.9. The Morgan fingerprint density at radius 2 is 2.25 bits per heavy atom. The van der Waals surface area contributed by atoms with Gasteiger partial charge in [0.25, 0.3) is 0 Å². The van der Waals surface area contributed by atoms with Crippen molar-refractivity contribution in [2.45, 2.75) is 52.2 Å². The summed E-state index contributed by atoms with van der Waals surface area (Å²) >= 11 is 1.75. The molecule has 0 saturated carbocycles. The van der Waals surface area contributed by atoms with E-state index >= 15 is 0 Å². The molecule has 0 saturated heterocycles. The number of nitrogens with two attached hydrogens (primary N) is 1. The molecule has 1 heterocycles. The standard InChI is InChI=1S/C15H27N3OS/c1-4-7-17-15(19)9-13(10-16)18(12(2)3)11-14-6-5-8-20-14/h5-6,8,12-13H,4,7,9-11,16H2,1-3H3,(H,17,19). The summed E-state index contributed by atoms with van der Waals surface area (Å²) in [6, 6.07) is 4.65. The Bertz CT molecular complexity index is 378. The van der Waals surface area contributed by atoms with Crippen molar-refractivity contribution in [3.63, 3.8) is 0 Å². The highest BCUT2D eigenvalue weighted by atomic mass is 32.1. The van der Waals surface area contributed by atoms with Gasteiger partial charge in [-0.1, -0.05) is 13.0 Å². The molecule has 20 heavy (non-hydrogen) atoms. The third-order valence-corrected chi connectivity index (χ3v) is 4.18. The first-order valence-electron chi connectivity index (χ1n) is 7.33. The number of hydrogen-bond acceptors (Lipinski definition) is 4. The molecule has 0 aliphatic heterocycles. The van der Waals surface area contributed by atoms with Gasteiger partial charge in [0.1, 0.15) is 0 Å². The quantitative estimate of drug-likeness (QED) is 0.734. The van der Waals surface area contributed by atoms with Crippen LogP contribution in [0.25, 0.3) is 0 Å². The fourth-order valence-electron chi connectivity index (χ4n) is 2.20. The van der Waals surface area contributed by atoms with Crippen molar-refractivity contribution in [1.82, 2.24) is 10.2 Å². The monoisotopic (exact) mass is 297 g/mol. The molecule has 1 atom stereocenters. The van der Waals surface area contributed by atoms with E-state index in [1.165, 1.54) is 4.88 Å². The van der Waals surface area contributed by atoms with Gasteiger partial charge in [0, 0.05) is 43.0 Å². The molecule has 114 valence electrons. The van der Waals surface area contributed by atoms with Crippen LogP contribution < -0.4 is 11.1 Å². The van der Waals surface area contributed by atoms with Gasteiger partial charge < -0.3 is 11.1 Å². The molecule has 0 aliphatic carbocycles. The smallest absolute Gasteiger partial charge is 0.221 e. The fourth-order valence-corrected chi connectivity index (χ4v) is 2.92. The van der Waals surface area contributed by atoms with Gasteiger partial charge in [-0.3, -0.25) is 9.69 Å². The number of hydrogen-bond donors (Lipinski definition) is 2. The zero-order valence-electron chi connectivity index (χ0n) is 12.8. The van der Waals surface area contributed by atoms with Crippen LogP contribution >= 0.6 is 11.3 Å². The maximum absolute atomic E-state index is 11.9. The summed E-state index contributed by atoms with van der Waals surface area (Å²) in [6.45, 7) is 8.46. The summed E-state index contributed by atoms with van der Waals surface area (Å²) in [7, 11) is 0. The van der Waals surface area contributed by atoms with E-state index in [9.17, 15) is 4.79 Å². The summed E-state index contributed by atoms with van der Waals surface area (Å²) < 4.78 is 0. The highest BCUT2D eigenvalue weighted by molar-refractivity contribution is 7.09. The Balaban J connectivity index is 2.63. The minimum absolute atomic E-state index is 0.0916. The molecule has 0 aliphatic rings. The third-order valence-electron chi connectivity index (χ3n) is 3.32. The molecule has 0 spiro atoms. The van der Waals surface area contributed by atoms with E-state index < -0.39 is 0 Å². The first-order valence-corrected chi connectivity index (χ1v) is 8.21. The van der Waals surface area contributed by atoms with Gasteiger partial charge in [0.15, 0.2) is 0 Å². The Morgan fingerprint density at radius 1 is 1.50 bits per heavy atom. The Kier molecular flexibility index (Phi) is 7.80.